The van der Waals surface area contributed by atoms with Gasteiger partial charge in [-0.15, -0.1) is 0 Å². The lowest BCUT2D eigenvalue weighted by Crippen LogP contribution is -2.02. The first-order valence-corrected chi connectivity index (χ1v) is 5.46. The zero-order chi connectivity index (χ0) is 12.1. The Bertz CT molecular complexity index is 481. The van der Waals surface area contributed by atoms with Gasteiger partial charge in [-0.1, -0.05) is 20.8 Å². The van der Waals surface area contributed by atoms with E-state index in [0.717, 1.165) is 12.1 Å². The molecule has 2 aromatic heterocycles. The van der Waals surface area contributed by atoms with Crippen molar-refractivity contribution in [2.45, 2.75) is 34.1 Å². The molecule has 0 aromatic carbocycles. The van der Waals surface area contributed by atoms with E-state index in [1.54, 1.807) is 13.1 Å². The van der Waals surface area contributed by atoms with Crippen molar-refractivity contribution < 1.29 is 0 Å². The number of aryl methyl sites for hydroxylation is 2. The SMILES string of the molecule is CC.CCc1cnc2nc(C)nc(N)c2n1. The third-order valence-electron chi connectivity index (χ3n) is 1.96. The Morgan fingerprint density at radius 3 is 2.50 bits per heavy atom. The van der Waals surface area contributed by atoms with E-state index in [9.17, 15) is 0 Å². The number of rotatable bonds is 1. The second kappa shape index (κ2) is 5.34. The Morgan fingerprint density at radius 2 is 1.88 bits per heavy atom. The maximum Gasteiger partial charge on any atom is 0.183 e. The number of fused-ring (bicyclic) bond motifs is 1. The molecule has 0 atom stereocenters. The number of hydrogen-bond acceptors (Lipinski definition) is 5. The monoisotopic (exact) mass is 219 g/mol. The van der Waals surface area contributed by atoms with Crippen molar-refractivity contribution in [2.75, 3.05) is 5.73 Å². The molecule has 0 amide bonds. The Kier molecular flexibility index (Phi) is 4.10. The van der Waals surface area contributed by atoms with Gasteiger partial charge in [0.2, 0.25) is 0 Å². The van der Waals surface area contributed by atoms with Crippen molar-refractivity contribution in [3.05, 3.63) is 17.7 Å². The molecule has 0 aliphatic carbocycles. The van der Waals surface area contributed by atoms with Gasteiger partial charge in [-0.2, -0.15) is 0 Å². The third-order valence-corrected chi connectivity index (χ3v) is 1.96. The number of aromatic nitrogens is 4. The maximum atomic E-state index is 5.73. The Balaban J connectivity index is 0.000000606. The molecule has 0 bridgehead atoms. The van der Waals surface area contributed by atoms with E-state index >= 15 is 0 Å². The van der Waals surface area contributed by atoms with Crippen molar-refractivity contribution in [1.29, 1.82) is 0 Å². The standard InChI is InChI=1S/C9H11N5.C2H6/c1-3-6-4-11-9-7(14-6)8(10)12-5(2)13-9;1-2/h4H,3H2,1-2H3,(H2,10,11,12,13);1-2H3. The summed E-state index contributed by atoms with van der Waals surface area (Å²) < 4.78 is 0. The predicted molar refractivity (Wildman–Crippen MR) is 65.0 cm³/mol. The van der Waals surface area contributed by atoms with E-state index in [1.807, 2.05) is 20.8 Å². The number of nitrogens with two attached hydrogens (primary N) is 1. The van der Waals surface area contributed by atoms with Crippen LogP contribution in [0.25, 0.3) is 11.2 Å². The van der Waals surface area contributed by atoms with Crippen LogP contribution in [0.4, 0.5) is 5.82 Å². The van der Waals surface area contributed by atoms with Gasteiger partial charge in [0.15, 0.2) is 17.0 Å². The maximum absolute atomic E-state index is 5.73. The average Bonchev–Trinajstić information content (AvgIpc) is 2.31. The van der Waals surface area contributed by atoms with Crippen molar-refractivity contribution in [3.63, 3.8) is 0 Å². The molecule has 16 heavy (non-hydrogen) atoms. The zero-order valence-corrected chi connectivity index (χ0v) is 10.2. The van der Waals surface area contributed by atoms with Crippen LogP contribution in [0.3, 0.4) is 0 Å². The first kappa shape index (κ1) is 12.3. The Morgan fingerprint density at radius 1 is 1.19 bits per heavy atom. The fourth-order valence-corrected chi connectivity index (χ4v) is 1.25. The second-order valence-electron chi connectivity index (χ2n) is 3.04. The molecule has 2 heterocycles. The number of nitrogens with zero attached hydrogens (tertiary/aromatic N) is 4. The molecule has 86 valence electrons. The molecule has 0 aliphatic rings. The lowest BCUT2D eigenvalue weighted by atomic mass is 10.3. The summed E-state index contributed by atoms with van der Waals surface area (Å²) in [7, 11) is 0. The Hall–Kier alpha value is -1.78. The normalized spacial score (nSPS) is 9.75. The molecule has 5 heteroatoms. The van der Waals surface area contributed by atoms with Crippen LogP contribution in [0, 0.1) is 6.92 Å². The van der Waals surface area contributed by atoms with Crippen LogP contribution in [0.5, 0.6) is 0 Å². The summed E-state index contributed by atoms with van der Waals surface area (Å²) in [5.41, 5.74) is 7.78. The lowest BCUT2D eigenvalue weighted by molar-refractivity contribution is 1.00. The summed E-state index contributed by atoms with van der Waals surface area (Å²) in [5.74, 6) is 1.02. The molecule has 2 N–H and O–H groups in total. The summed E-state index contributed by atoms with van der Waals surface area (Å²) in [6.45, 7) is 7.80. The molecular formula is C11H17N5. The number of anilines is 1. The van der Waals surface area contributed by atoms with Gasteiger partial charge >= 0.3 is 0 Å². The minimum atomic E-state index is 0.398. The van der Waals surface area contributed by atoms with E-state index in [2.05, 4.69) is 19.9 Å². The lowest BCUT2D eigenvalue weighted by Gasteiger charge is -2.02. The van der Waals surface area contributed by atoms with E-state index < -0.39 is 0 Å². The molecule has 2 aromatic rings. The minimum Gasteiger partial charge on any atom is -0.382 e. The summed E-state index contributed by atoms with van der Waals surface area (Å²) in [6.07, 6.45) is 2.55. The molecule has 0 radical (unpaired) electrons. The highest BCUT2D eigenvalue weighted by atomic mass is 15.0. The topological polar surface area (TPSA) is 77.6 Å². The summed E-state index contributed by atoms with van der Waals surface area (Å²) in [5, 5.41) is 0. The van der Waals surface area contributed by atoms with Gasteiger partial charge in [-0.25, -0.2) is 19.9 Å². The van der Waals surface area contributed by atoms with Crippen molar-refractivity contribution in [3.8, 4) is 0 Å². The first-order chi connectivity index (χ1) is 7.70. The van der Waals surface area contributed by atoms with Crippen molar-refractivity contribution in [1.82, 2.24) is 19.9 Å². The van der Waals surface area contributed by atoms with Crippen molar-refractivity contribution >= 4 is 17.0 Å². The van der Waals surface area contributed by atoms with Crippen LogP contribution in [-0.4, -0.2) is 19.9 Å². The van der Waals surface area contributed by atoms with Crippen molar-refractivity contribution in [2.24, 2.45) is 0 Å². The van der Waals surface area contributed by atoms with Gasteiger partial charge in [0.1, 0.15) is 5.82 Å². The van der Waals surface area contributed by atoms with Gasteiger partial charge in [0.25, 0.3) is 0 Å². The van der Waals surface area contributed by atoms with Gasteiger partial charge in [0.05, 0.1) is 11.9 Å². The van der Waals surface area contributed by atoms with E-state index in [-0.39, 0.29) is 0 Å². The smallest absolute Gasteiger partial charge is 0.183 e. The largest absolute Gasteiger partial charge is 0.382 e. The fourth-order valence-electron chi connectivity index (χ4n) is 1.25. The van der Waals surface area contributed by atoms with Gasteiger partial charge in [-0.05, 0) is 13.3 Å². The minimum absolute atomic E-state index is 0.398. The van der Waals surface area contributed by atoms with E-state index in [1.165, 1.54) is 0 Å². The molecule has 5 nitrogen and oxygen atoms in total. The molecule has 2 rings (SSSR count). The summed E-state index contributed by atoms with van der Waals surface area (Å²) in [4.78, 5) is 16.7. The van der Waals surface area contributed by atoms with E-state index in [4.69, 9.17) is 5.73 Å². The van der Waals surface area contributed by atoms with Crippen LogP contribution in [-0.2, 0) is 6.42 Å². The highest BCUT2D eigenvalue weighted by Crippen LogP contribution is 2.13. The average molecular weight is 219 g/mol. The summed E-state index contributed by atoms with van der Waals surface area (Å²) in [6, 6.07) is 0. The molecule has 0 spiro atoms. The van der Waals surface area contributed by atoms with Gasteiger partial charge in [-0.3, -0.25) is 0 Å². The predicted octanol–water partition coefficient (Wildman–Crippen LogP) is 1.90. The van der Waals surface area contributed by atoms with Crippen LogP contribution < -0.4 is 5.73 Å². The highest BCUT2D eigenvalue weighted by molar-refractivity contribution is 5.80. The molecule has 0 fully saturated rings. The highest BCUT2D eigenvalue weighted by Gasteiger charge is 2.05. The van der Waals surface area contributed by atoms with E-state index in [0.29, 0.717) is 22.8 Å². The van der Waals surface area contributed by atoms with Gasteiger partial charge in [0, 0.05) is 0 Å². The second-order valence-corrected chi connectivity index (χ2v) is 3.04. The third kappa shape index (κ3) is 2.42. The summed E-state index contributed by atoms with van der Waals surface area (Å²) >= 11 is 0. The quantitative estimate of drug-likeness (QED) is 0.792. The first-order valence-electron chi connectivity index (χ1n) is 5.46. The number of nitrogen functional groups attached to an aromatic ring is 1. The molecular weight excluding hydrogens is 202 g/mol. The van der Waals surface area contributed by atoms with Crippen LogP contribution >= 0.6 is 0 Å². The van der Waals surface area contributed by atoms with Crippen LogP contribution in [0.15, 0.2) is 6.20 Å². The zero-order valence-electron chi connectivity index (χ0n) is 10.2. The van der Waals surface area contributed by atoms with Crippen LogP contribution in [0.1, 0.15) is 32.3 Å². The van der Waals surface area contributed by atoms with Gasteiger partial charge < -0.3 is 5.73 Å². The Labute approximate surface area is 95.2 Å². The fraction of sp³-hybridized carbons (Fsp3) is 0.455. The molecule has 0 saturated carbocycles. The molecule has 0 saturated heterocycles. The molecule has 0 aliphatic heterocycles. The number of hydrogen-bond donors (Lipinski definition) is 1. The molecule has 0 unspecified atom stereocenters. The van der Waals surface area contributed by atoms with Crippen LogP contribution in [0.2, 0.25) is 0 Å².